The summed E-state index contributed by atoms with van der Waals surface area (Å²) in [6, 6.07) is 9.27. The van der Waals surface area contributed by atoms with Gasteiger partial charge in [0.2, 0.25) is 11.8 Å². The summed E-state index contributed by atoms with van der Waals surface area (Å²) in [4.78, 5) is 25.6. The molecule has 0 aromatic heterocycles. The van der Waals surface area contributed by atoms with Crippen molar-refractivity contribution in [1.82, 2.24) is 4.90 Å². The van der Waals surface area contributed by atoms with Gasteiger partial charge in [-0.05, 0) is 25.3 Å². The first-order chi connectivity index (χ1) is 10.9. The fraction of sp³-hybridized carbons (Fsp3) is 0.556. The maximum atomic E-state index is 12.7. The summed E-state index contributed by atoms with van der Waals surface area (Å²) >= 11 is 0. The van der Waals surface area contributed by atoms with Gasteiger partial charge in [-0.1, -0.05) is 49.6 Å². The van der Waals surface area contributed by atoms with Gasteiger partial charge >= 0.3 is 0 Å². The summed E-state index contributed by atoms with van der Waals surface area (Å²) in [6.07, 6.45) is 4.31. The molecule has 0 aliphatic heterocycles. The molecule has 1 aromatic carbocycles. The van der Waals surface area contributed by atoms with Crippen LogP contribution in [0.2, 0.25) is 0 Å². The minimum atomic E-state index is -0.943. The fourth-order valence-corrected chi connectivity index (χ4v) is 3.29. The Morgan fingerprint density at radius 1 is 1.22 bits per heavy atom. The molecule has 0 bridgehead atoms. The van der Waals surface area contributed by atoms with Gasteiger partial charge in [0.05, 0.1) is 24.6 Å². The maximum absolute atomic E-state index is 12.7. The minimum absolute atomic E-state index is 0.0530. The van der Waals surface area contributed by atoms with Crippen LogP contribution >= 0.6 is 0 Å². The molecule has 3 N–H and O–H groups in total. The lowest BCUT2D eigenvalue weighted by Crippen LogP contribution is -2.44. The molecule has 1 aromatic rings. The molecule has 1 aliphatic carbocycles. The van der Waals surface area contributed by atoms with E-state index in [1.807, 2.05) is 37.3 Å². The molecule has 1 saturated carbocycles. The van der Waals surface area contributed by atoms with E-state index in [4.69, 9.17) is 5.73 Å². The fourth-order valence-electron chi connectivity index (χ4n) is 3.29. The van der Waals surface area contributed by atoms with Crippen LogP contribution in [-0.2, 0) is 9.59 Å². The SMILES string of the molecule is C[C@H](c1ccccc1)N(CC(N)=O)C(=O)CC1(O)CCCCC1. The van der Waals surface area contributed by atoms with Gasteiger partial charge in [-0.2, -0.15) is 0 Å². The molecule has 2 rings (SSSR count). The van der Waals surface area contributed by atoms with Gasteiger partial charge in [-0.3, -0.25) is 9.59 Å². The first-order valence-electron chi connectivity index (χ1n) is 8.26. The quantitative estimate of drug-likeness (QED) is 0.843. The van der Waals surface area contributed by atoms with Gasteiger partial charge in [0.1, 0.15) is 0 Å². The van der Waals surface area contributed by atoms with Gasteiger partial charge in [-0.25, -0.2) is 0 Å². The highest BCUT2D eigenvalue weighted by Gasteiger charge is 2.35. The molecule has 5 heteroatoms. The van der Waals surface area contributed by atoms with E-state index in [2.05, 4.69) is 0 Å². The van der Waals surface area contributed by atoms with E-state index in [0.717, 1.165) is 24.8 Å². The summed E-state index contributed by atoms with van der Waals surface area (Å²) in [5.74, 6) is -0.763. The lowest BCUT2D eigenvalue weighted by atomic mass is 9.82. The Bertz CT molecular complexity index is 538. The largest absolute Gasteiger partial charge is 0.389 e. The highest BCUT2D eigenvalue weighted by atomic mass is 16.3. The summed E-state index contributed by atoms with van der Waals surface area (Å²) in [5.41, 5.74) is 5.32. The lowest BCUT2D eigenvalue weighted by molar-refractivity contribution is -0.143. The Hall–Kier alpha value is -1.88. The van der Waals surface area contributed by atoms with Gasteiger partial charge in [0, 0.05) is 0 Å². The number of benzene rings is 1. The minimum Gasteiger partial charge on any atom is -0.389 e. The maximum Gasteiger partial charge on any atom is 0.237 e. The summed E-state index contributed by atoms with van der Waals surface area (Å²) < 4.78 is 0. The molecule has 0 radical (unpaired) electrons. The summed E-state index contributed by atoms with van der Waals surface area (Å²) in [7, 11) is 0. The van der Waals surface area contributed by atoms with Crippen molar-refractivity contribution in [3.8, 4) is 0 Å². The number of primary amides is 1. The first kappa shape index (κ1) is 17.5. The Morgan fingerprint density at radius 3 is 2.39 bits per heavy atom. The van der Waals surface area contributed by atoms with E-state index in [1.54, 1.807) is 0 Å². The highest BCUT2D eigenvalue weighted by Crippen LogP contribution is 2.32. The lowest BCUT2D eigenvalue weighted by Gasteiger charge is -2.35. The van der Waals surface area contributed by atoms with E-state index >= 15 is 0 Å². The zero-order valence-corrected chi connectivity index (χ0v) is 13.7. The summed E-state index contributed by atoms with van der Waals surface area (Å²) in [6.45, 7) is 1.74. The molecule has 2 amide bonds. The van der Waals surface area contributed by atoms with Crippen LogP contribution in [0.5, 0.6) is 0 Å². The van der Waals surface area contributed by atoms with Crippen molar-refractivity contribution < 1.29 is 14.7 Å². The van der Waals surface area contributed by atoms with Crippen molar-refractivity contribution in [1.29, 1.82) is 0 Å². The predicted octanol–water partition coefficient (Wildman–Crippen LogP) is 2.15. The smallest absolute Gasteiger partial charge is 0.237 e. The molecule has 1 fully saturated rings. The van der Waals surface area contributed by atoms with Gasteiger partial charge < -0.3 is 15.7 Å². The molecule has 0 unspecified atom stereocenters. The molecular weight excluding hydrogens is 292 g/mol. The molecule has 1 aliphatic rings. The third-order valence-corrected chi connectivity index (χ3v) is 4.66. The number of hydrogen-bond donors (Lipinski definition) is 2. The molecule has 1 atom stereocenters. The van der Waals surface area contributed by atoms with Crippen LogP contribution in [-0.4, -0.2) is 34.0 Å². The second-order valence-corrected chi connectivity index (χ2v) is 6.54. The molecule has 23 heavy (non-hydrogen) atoms. The number of carbonyl (C=O) groups excluding carboxylic acids is 2. The van der Waals surface area contributed by atoms with Crippen LogP contribution in [0.4, 0.5) is 0 Å². The van der Waals surface area contributed by atoms with Crippen LogP contribution in [0.3, 0.4) is 0 Å². The second-order valence-electron chi connectivity index (χ2n) is 6.54. The molecular formula is C18H26N2O3. The van der Waals surface area contributed by atoms with Crippen molar-refractivity contribution in [2.75, 3.05) is 6.54 Å². The Kier molecular flexibility index (Phi) is 5.77. The van der Waals surface area contributed by atoms with Crippen LogP contribution in [0.1, 0.15) is 57.1 Å². The average Bonchev–Trinajstić information content (AvgIpc) is 2.53. The van der Waals surface area contributed by atoms with E-state index in [-0.39, 0.29) is 24.9 Å². The number of carbonyl (C=O) groups is 2. The van der Waals surface area contributed by atoms with Gasteiger partial charge in [0.15, 0.2) is 0 Å². The third-order valence-electron chi connectivity index (χ3n) is 4.66. The van der Waals surface area contributed by atoms with Crippen molar-refractivity contribution in [2.45, 2.75) is 57.1 Å². The standard InChI is InChI=1S/C18H26N2O3/c1-14(15-8-4-2-5-9-15)20(13-16(19)21)17(22)12-18(23)10-6-3-7-11-18/h2,4-5,8-9,14,23H,3,6-7,10-13H2,1H3,(H2,19,21)/t14-/m1/s1. The van der Waals surface area contributed by atoms with Crippen molar-refractivity contribution in [3.05, 3.63) is 35.9 Å². The Balaban J connectivity index is 2.13. The third kappa shape index (κ3) is 4.79. The zero-order valence-electron chi connectivity index (χ0n) is 13.7. The van der Waals surface area contributed by atoms with Crippen molar-refractivity contribution in [3.63, 3.8) is 0 Å². The van der Waals surface area contributed by atoms with E-state index < -0.39 is 11.5 Å². The Morgan fingerprint density at radius 2 is 1.83 bits per heavy atom. The zero-order chi connectivity index (χ0) is 16.9. The van der Waals surface area contributed by atoms with Crippen LogP contribution in [0.25, 0.3) is 0 Å². The number of nitrogens with two attached hydrogens (primary N) is 1. The van der Waals surface area contributed by atoms with Crippen LogP contribution in [0, 0.1) is 0 Å². The molecule has 0 heterocycles. The molecule has 0 saturated heterocycles. The van der Waals surface area contributed by atoms with Crippen molar-refractivity contribution in [2.24, 2.45) is 5.73 Å². The topological polar surface area (TPSA) is 83.6 Å². The number of amides is 2. The second kappa shape index (κ2) is 7.59. The predicted molar refractivity (Wildman–Crippen MR) is 88.4 cm³/mol. The van der Waals surface area contributed by atoms with Gasteiger partial charge in [0.25, 0.3) is 0 Å². The normalized spacial score (nSPS) is 18.2. The number of hydrogen-bond acceptors (Lipinski definition) is 3. The van der Waals surface area contributed by atoms with E-state index in [1.165, 1.54) is 4.90 Å². The Labute approximate surface area is 137 Å². The number of nitrogens with zero attached hydrogens (tertiary/aromatic N) is 1. The molecule has 0 spiro atoms. The highest BCUT2D eigenvalue weighted by molar-refractivity contribution is 5.84. The first-order valence-corrected chi connectivity index (χ1v) is 8.26. The van der Waals surface area contributed by atoms with Crippen molar-refractivity contribution >= 4 is 11.8 Å². The average molecular weight is 318 g/mol. The van der Waals surface area contributed by atoms with E-state index in [0.29, 0.717) is 12.8 Å². The van der Waals surface area contributed by atoms with Gasteiger partial charge in [-0.15, -0.1) is 0 Å². The molecule has 126 valence electrons. The van der Waals surface area contributed by atoms with E-state index in [9.17, 15) is 14.7 Å². The number of rotatable bonds is 6. The number of aliphatic hydroxyl groups is 1. The molecule has 5 nitrogen and oxygen atoms in total. The van der Waals surface area contributed by atoms with Crippen LogP contribution in [0.15, 0.2) is 30.3 Å². The summed E-state index contributed by atoms with van der Waals surface area (Å²) in [5, 5.41) is 10.6. The van der Waals surface area contributed by atoms with Crippen LogP contribution < -0.4 is 5.73 Å². The monoisotopic (exact) mass is 318 g/mol.